The molecule has 6 heteroatoms. The quantitative estimate of drug-likeness (QED) is 0.763. The molecule has 3 aromatic rings. The summed E-state index contributed by atoms with van der Waals surface area (Å²) in [6.45, 7) is 4.49. The lowest BCUT2D eigenvalue weighted by Gasteiger charge is -2.25. The molecule has 1 fully saturated rings. The van der Waals surface area contributed by atoms with E-state index in [9.17, 15) is 0 Å². The summed E-state index contributed by atoms with van der Waals surface area (Å²) in [5.41, 5.74) is 9.01. The minimum Gasteiger partial charge on any atom is -0.383 e. The van der Waals surface area contributed by atoms with E-state index in [-0.39, 0.29) is 6.17 Å². The molecule has 3 heterocycles. The van der Waals surface area contributed by atoms with E-state index in [2.05, 4.69) is 44.2 Å². The van der Waals surface area contributed by atoms with E-state index in [0.29, 0.717) is 5.82 Å². The number of hydrogen-bond donors (Lipinski definition) is 2. The van der Waals surface area contributed by atoms with Crippen molar-refractivity contribution < 1.29 is 0 Å². The maximum absolute atomic E-state index is 5.99. The van der Waals surface area contributed by atoms with Gasteiger partial charge in [0.15, 0.2) is 0 Å². The Bertz CT molecular complexity index is 888. The van der Waals surface area contributed by atoms with Crippen LogP contribution in [0.4, 0.5) is 11.6 Å². The van der Waals surface area contributed by atoms with E-state index >= 15 is 0 Å². The van der Waals surface area contributed by atoms with E-state index < -0.39 is 0 Å². The second-order valence-electron chi connectivity index (χ2n) is 6.48. The van der Waals surface area contributed by atoms with E-state index in [1.807, 2.05) is 24.4 Å². The molecule has 2 aromatic heterocycles. The van der Waals surface area contributed by atoms with Crippen LogP contribution in [0.1, 0.15) is 19.8 Å². The van der Waals surface area contributed by atoms with Gasteiger partial charge in [0.1, 0.15) is 18.0 Å². The summed E-state index contributed by atoms with van der Waals surface area (Å²) >= 11 is 0. The Balaban J connectivity index is 1.61. The van der Waals surface area contributed by atoms with Crippen LogP contribution in [0.2, 0.25) is 0 Å². The molecular formula is C19H22N6. The summed E-state index contributed by atoms with van der Waals surface area (Å²) in [4.78, 5) is 15.3. The fourth-order valence-electron chi connectivity index (χ4n) is 3.38. The van der Waals surface area contributed by atoms with E-state index in [1.165, 1.54) is 19.2 Å². The third-order valence-corrected chi connectivity index (χ3v) is 4.80. The van der Waals surface area contributed by atoms with Crippen LogP contribution in [0, 0.1) is 0 Å². The molecule has 1 aliphatic heterocycles. The monoisotopic (exact) mass is 334 g/mol. The Kier molecular flexibility index (Phi) is 4.19. The second-order valence-corrected chi connectivity index (χ2v) is 6.48. The fraction of sp³-hybridized carbons (Fsp3) is 0.316. The molecule has 0 aliphatic carbocycles. The van der Waals surface area contributed by atoms with Gasteiger partial charge in [-0.25, -0.2) is 15.0 Å². The van der Waals surface area contributed by atoms with Gasteiger partial charge >= 0.3 is 0 Å². The van der Waals surface area contributed by atoms with Crippen molar-refractivity contribution in [1.82, 2.24) is 19.9 Å². The Labute approximate surface area is 147 Å². The highest BCUT2D eigenvalue weighted by atomic mass is 15.3. The fourth-order valence-corrected chi connectivity index (χ4v) is 3.38. The number of hydrogen-bond acceptors (Lipinski definition) is 6. The van der Waals surface area contributed by atoms with E-state index in [1.54, 1.807) is 0 Å². The number of rotatable bonds is 4. The van der Waals surface area contributed by atoms with Gasteiger partial charge in [0.2, 0.25) is 0 Å². The van der Waals surface area contributed by atoms with Crippen molar-refractivity contribution in [2.24, 2.45) is 0 Å². The van der Waals surface area contributed by atoms with Crippen LogP contribution in [-0.4, -0.2) is 39.1 Å². The standard InChI is InChI=1S/C19H22N6/c1-13(25-8-2-3-9-25)24-18-11-15(6-7-21-18)14-4-5-17-16(10-14)19(20)23-12-22-17/h4-7,10-13H,2-3,8-9H2,1H3,(H,21,24)(H2,20,22,23). The molecule has 0 amide bonds. The number of benzene rings is 1. The summed E-state index contributed by atoms with van der Waals surface area (Å²) in [6.07, 6.45) is 6.17. The van der Waals surface area contributed by atoms with Crippen molar-refractivity contribution in [3.63, 3.8) is 0 Å². The van der Waals surface area contributed by atoms with Crippen molar-refractivity contribution in [1.29, 1.82) is 0 Å². The summed E-state index contributed by atoms with van der Waals surface area (Å²) in [5, 5.41) is 4.38. The lowest BCUT2D eigenvalue weighted by atomic mass is 10.0. The summed E-state index contributed by atoms with van der Waals surface area (Å²) in [5.74, 6) is 1.39. The molecule has 1 saturated heterocycles. The largest absolute Gasteiger partial charge is 0.383 e. The molecule has 1 atom stereocenters. The number of aromatic nitrogens is 3. The van der Waals surface area contributed by atoms with Crippen molar-refractivity contribution in [2.45, 2.75) is 25.9 Å². The predicted octanol–water partition coefficient (Wildman–Crippen LogP) is 3.13. The number of likely N-dealkylation sites (tertiary alicyclic amines) is 1. The Morgan fingerprint density at radius 3 is 2.68 bits per heavy atom. The van der Waals surface area contributed by atoms with Crippen molar-refractivity contribution >= 4 is 22.5 Å². The zero-order valence-corrected chi connectivity index (χ0v) is 14.3. The second kappa shape index (κ2) is 6.64. The average molecular weight is 334 g/mol. The first-order valence-electron chi connectivity index (χ1n) is 8.68. The lowest BCUT2D eigenvalue weighted by molar-refractivity contribution is 0.283. The maximum Gasteiger partial charge on any atom is 0.134 e. The van der Waals surface area contributed by atoms with Crippen LogP contribution in [0.25, 0.3) is 22.0 Å². The molecular weight excluding hydrogens is 312 g/mol. The predicted molar refractivity (Wildman–Crippen MR) is 101 cm³/mol. The molecule has 0 saturated carbocycles. The maximum atomic E-state index is 5.99. The molecule has 1 aliphatic rings. The molecule has 0 radical (unpaired) electrons. The normalized spacial score (nSPS) is 16.2. The first kappa shape index (κ1) is 15.8. The van der Waals surface area contributed by atoms with Crippen LogP contribution in [0.15, 0.2) is 42.9 Å². The smallest absolute Gasteiger partial charge is 0.134 e. The first-order chi connectivity index (χ1) is 12.2. The van der Waals surface area contributed by atoms with Gasteiger partial charge in [-0.2, -0.15) is 0 Å². The Hall–Kier alpha value is -2.73. The number of pyridine rings is 1. The van der Waals surface area contributed by atoms with Gasteiger partial charge in [-0.3, -0.25) is 4.90 Å². The third-order valence-electron chi connectivity index (χ3n) is 4.80. The zero-order chi connectivity index (χ0) is 17.2. The molecule has 6 nitrogen and oxygen atoms in total. The molecule has 1 aromatic carbocycles. The third kappa shape index (κ3) is 3.25. The number of anilines is 2. The van der Waals surface area contributed by atoms with Crippen molar-refractivity contribution in [3.8, 4) is 11.1 Å². The topological polar surface area (TPSA) is 80.0 Å². The van der Waals surface area contributed by atoms with Crippen molar-refractivity contribution in [2.75, 3.05) is 24.1 Å². The van der Waals surface area contributed by atoms with Gasteiger partial charge in [0.25, 0.3) is 0 Å². The highest BCUT2D eigenvalue weighted by molar-refractivity contribution is 5.91. The summed E-state index contributed by atoms with van der Waals surface area (Å²) in [7, 11) is 0. The van der Waals surface area contributed by atoms with Gasteiger partial charge in [0, 0.05) is 24.7 Å². The average Bonchev–Trinajstić information content (AvgIpc) is 3.17. The van der Waals surface area contributed by atoms with E-state index in [4.69, 9.17) is 5.73 Å². The van der Waals surface area contributed by atoms with E-state index in [0.717, 1.165) is 40.9 Å². The molecule has 3 N–H and O–H groups in total. The van der Waals surface area contributed by atoms with Gasteiger partial charge in [-0.05, 0) is 55.2 Å². The van der Waals surface area contributed by atoms with Crippen LogP contribution < -0.4 is 11.1 Å². The van der Waals surface area contributed by atoms with Crippen LogP contribution in [-0.2, 0) is 0 Å². The minimum atomic E-state index is 0.283. The Morgan fingerprint density at radius 2 is 1.84 bits per heavy atom. The lowest BCUT2D eigenvalue weighted by Crippen LogP contribution is -2.36. The van der Waals surface area contributed by atoms with Crippen LogP contribution in [0.3, 0.4) is 0 Å². The molecule has 4 rings (SSSR count). The van der Waals surface area contributed by atoms with Crippen LogP contribution >= 0.6 is 0 Å². The number of nitrogens with zero attached hydrogens (tertiary/aromatic N) is 4. The number of nitrogens with two attached hydrogens (primary N) is 1. The number of nitrogens with one attached hydrogen (secondary N) is 1. The number of nitrogen functional groups attached to an aromatic ring is 1. The molecule has 0 bridgehead atoms. The molecule has 128 valence electrons. The molecule has 0 spiro atoms. The SMILES string of the molecule is CC(Nc1cc(-c2ccc3ncnc(N)c3c2)ccn1)N1CCCC1. The zero-order valence-electron chi connectivity index (χ0n) is 14.3. The Morgan fingerprint density at radius 1 is 1.04 bits per heavy atom. The van der Waals surface area contributed by atoms with Gasteiger partial charge in [0.05, 0.1) is 11.7 Å². The van der Waals surface area contributed by atoms with Gasteiger partial charge in [-0.1, -0.05) is 6.07 Å². The first-order valence-corrected chi connectivity index (χ1v) is 8.68. The summed E-state index contributed by atoms with van der Waals surface area (Å²) < 4.78 is 0. The van der Waals surface area contributed by atoms with Crippen LogP contribution in [0.5, 0.6) is 0 Å². The van der Waals surface area contributed by atoms with Crippen molar-refractivity contribution in [3.05, 3.63) is 42.9 Å². The number of fused-ring (bicyclic) bond motifs is 1. The minimum absolute atomic E-state index is 0.283. The molecule has 25 heavy (non-hydrogen) atoms. The molecule has 1 unspecified atom stereocenters. The summed E-state index contributed by atoms with van der Waals surface area (Å²) in [6, 6.07) is 10.1. The highest BCUT2D eigenvalue weighted by Gasteiger charge is 2.18. The van der Waals surface area contributed by atoms with Gasteiger partial charge < -0.3 is 11.1 Å². The highest BCUT2D eigenvalue weighted by Crippen LogP contribution is 2.27. The van der Waals surface area contributed by atoms with Gasteiger partial charge in [-0.15, -0.1) is 0 Å².